The number of hydrogen-bond acceptors (Lipinski definition) is 10. The van der Waals surface area contributed by atoms with Crippen LogP contribution < -0.4 is 39.9 Å². The van der Waals surface area contributed by atoms with E-state index in [1.807, 2.05) is 0 Å². The monoisotopic (exact) mass is 362 g/mol. The molecular formula is C6H26N4O11S. The van der Waals surface area contributed by atoms with E-state index in [9.17, 15) is 9.90 Å². The SMILES string of the molecule is CC(=O)[O-].CC(O)C(=O)[O-].O=C[O-].O=S(=O)([O-])O.[NH4+].[NH4+].[NH4+].[NH4+]. The van der Waals surface area contributed by atoms with Crippen molar-refractivity contribution in [3.05, 3.63) is 0 Å². The molecule has 142 valence electrons. The lowest BCUT2D eigenvalue weighted by molar-refractivity contribution is -0.314. The minimum absolute atomic E-state index is 0. The van der Waals surface area contributed by atoms with Crippen LogP contribution in [0.25, 0.3) is 0 Å². The van der Waals surface area contributed by atoms with E-state index in [1.165, 1.54) is 0 Å². The molecule has 1 unspecified atom stereocenters. The van der Waals surface area contributed by atoms with Gasteiger partial charge in [0, 0.05) is 12.4 Å². The molecule has 0 rings (SSSR count). The number of carboxylic acid groups (broad SMARTS) is 3. The Kier molecular flexibility index (Phi) is 71.6. The quantitative estimate of drug-likeness (QED) is 0.147. The smallest absolute Gasteiger partial charge is 0.215 e. The van der Waals surface area contributed by atoms with Crippen molar-refractivity contribution in [2.45, 2.75) is 20.0 Å². The fourth-order valence-corrected chi connectivity index (χ4v) is 0. The number of hydrogen-bond donors (Lipinski definition) is 6. The molecule has 0 spiro atoms. The Morgan fingerprint density at radius 1 is 1.09 bits per heavy atom. The zero-order chi connectivity index (χ0) is 15.9. The molecule has 0 aromatic carbocycles. The van der Waals surface area contributed by atoms with E-state index in [0.717, 1.165) is 13.8 Å². The second-order valence-corrected chi connectivity index (χ2v) is 2.87. The molecule has 0 aliphatic heterocycles. The lowest BCUT2D eigenvalue weighted by Crippen LogP contribution is -2.32. The number of aliphatic hydroxyl groups excluding tert-OH is 1. The summed E-state index contributed by atoms with van der Waals surface area (Å²) in [6, 6.07) is 0. The summed E-state index contributed by atoms with van der Waals surface area (Å²) in [6.45, 7) is 1.61. The molecule has 16 heteroatoms. The van der Waals surface area contributed by atoms with E-state index in [1.54, 1.807) is 0 Å². The molecule has 0 saturated carbocycles. The van der Waals surface area contributed by atoms with Crippen LogP contribution in [0.2, 0.25) is 0 Å². The normalized spacial score (nSPS) is 8.05. The number of rotatable bonds is 1. The Bertz CT molecular complexity index is 319. The van der Waals surface area contributed by atoms with Gasteiger partial charge >= 0.3 is 0 Å². The zero-order valence-electron chi connectivity index (χ0n) is 13.1. The molecule has 0 aliphatic rings. The third kappa shape index (κ3) is 1220. The highest BCUT2D eigenvalue weighted by Crippen LogP contribution is 1.69. The van der Waals surface area contributed by atoms with Gasteiger partial charge in [0.2, 0.25) is 10.4 Å². The predicted molar refractivity (Wildman–Crippen MR) is 69.7 cm³/mol. The van der Waals surface area contributed by atoms with Crippen molar-refractivity contribution in [3.63, 3.8) is 0 Å². The van der Waals surface area contributed by atoms with Crippen molar-refractivity contribution in [2.75, 3.05) is 0 Å². The molecule has 18 N–H and O–H groups in total. The number of aliphatic hydroxyl groups is 1. The van der Waals surface area contributed by atoms with E-state index < -0.39 is 34.9 Å². The van der Waals surface area contributed by atoms with E-state index >= 15 is 0 Å². The van der Waals surface area contributed by atoms with Gasteiger partial charge in [-0.1, -0.05) is 0 Å². The standard InChI is InChI=1S/C3H6O3.C2H4O2.CH2O2.4H3N.H2O4S/c1-2(4)3(5)6;1-2(3)4;2-1-3;;;;;1-5(2,3)4/h2,4H,1H3,(H,5,6);1H3,(H,3,4);1H,(H,2,3);4*1H3;(H2,1,2,3,4). The summed E-state index contributed by atoms with van der Waals surface area (Å²) < 4.78 is 32.8. The Hall–Kier alpha value is -1.92. The number of quaternary nitrogens is 4. The summed E-state index contributed by atoms with van der Waals surface area (Å²) in [5.41, 5.74) is 0. The van der Waals surface area contributed by atoms with Crippen molar-refractivity contribution in [1.29, 1.82) is 0 Å². The Labute approximate surface area is 126 Å². The summed E-state index contributed by atoms with van der Waals surface area (Å²) in [5, 5.41) is 34.4. The molecule has 22 heavy (non-hydrogen) atoms. The van der Waals surface area contributed by atoms with Gasteiger partial charge in [-0.2, -0.15) is 0 Å². The van der Waals surface area contributed by atoms with Crippen LogP contribution in [-0.2, 0) is 24.8 Å². The molecule has 0 saturated heterocycles. The third-order valence-corrected chi connectivity index (χ3v) is 0.341. The second-order valence-electron chi connectivity index (χ2n) is 2.01. The Morgan fingerprint density at radius 3 is 1.14 bits per heavy atom. The van der Waals surface area contributed by atoms with Crippen molar-refractivity contribution >= 4 is 28.8 Å². The topological polar surface area (TPSA) is 364 Å². The molecule has 0 aromatic rings. The Morgan fingerprint density at radius 2 is 1.14 bits per heavy atom. The number of aliphatic carboxylic acids is 2. The molecule has 0 aromatic heterocycles. The van der Waals surface area contributed by atoms with E-state index in [2.05, 4.69) is 0 Å². The van der Waals surface area contributed by atoms with Gasteiger partial charge in [0.25, 0.3) is 0 Å². The maximum atomic E-state index is 9.34. The molecule has 0 aliphatic carbocycles. The van der Waals surface area contributed by atoms with Gasteiger partial charge in [-0.15, -0.1) is 0 Å². The number of carbonyl (C=O) groups is 3. The van der Waals surface area contributed by atoms with Gasteiger partial charge in [0.15, 0.2) is 0 Å². The van der Waals surface area contributed by atoms with Crippen LogP contribution in [0.15, 0.2) is 0 Å². The fourth-order valence-electron chi connectivity index (χ4n) is 0. The minimum atomic E-state index is -4.92. The first kappa shape index (κ1) is 50.1. The molecule has 0 fully saturated rings. The van der Waals surface area contributed by atoms with Gasteiger partial charge in [-0.05, 0) is 13.8 Å². The van der Waals surface area contributed by atoms with E-state index in [0.29, 0.717) is 0 Å². The van der Waals surface area contributed by atoms with Gasteiger partial charge in [-0.25, -0.2) is 8.42 Å². The fraction of sp³-hybridized carbons (Fsp3) is 0.500. The van der Waals surface area contributed by atoms with Gasteiger partial charge < -0.3 is 64.0 Å². The van der Waals surface area contributed by atoms with E-state index in [4.69, 9.17) is 42.4 Å². The average molecular weight is 362 g/mol. The number of carbonyl (C=O) groups excluding carboxylic acids is 3. The van der Waals surface area contributed by atoms with Gasteiger partial charge in [-0.3, -0.25) is 4.55 Å². The van der Waals surface area contributed by atoms with Crippen molar-refractivity contribution in [2.24, 2.45) is 0 Å². The lowest BCUT2D eigenvalue weighted by atomic mass is 10.4. The summed E-state index contributed by atoms with van der Waals surface area (Å²) in [6.07, 6.45) is -1.34. The third-order valence-electron chi connectivity index (χ3n) is 0.341. The average Bonchev–Trinajstić information content (AvgIpc) is 2.00. The van der Waals surface area contributed by atoms with Crippen LogP contribution in [0.4, 0.5) is 0 Å². The van der Waals surface area contributed by atoms with Gasteiger partial charge in [0.1, 0.15) is 0 Å². The first-order valence-corrected chi connectivity index (χ1v) is 4.96. The summed E-state index contributed by atoms with van der Waals surface area (Å²) >= 11 is 0. The van der Waals surface area contributed by atoms with Crippen LogP contribution in [0.3, 0.4) is 0 Å². The number of carboxylic acids is 2. The summed E-state index contributed by atoms with van der Waals surface area (Å²) in [7, 11) is -4.92. The highest BCUT2D eigenvalue weighted by Gasteiger charge is 1.89. The maximum absolute atomic E-state index is 9.34. The molecule has 15 nitrogen and oxygen atoms in total. The largest absolute Gasteiger partial charge is 0.726 e. The Balaban J connectivity index is -0.0000000191. The first-order valence-electron chi connectivity index (χ1n) is 3.59. The first-order chi connectivity index (χ1) is 7.79. The van der Waals surface area contributed by atoms with Crippen LogP contribution in [-0.4, -0.2) is 47.1 Å². The highest BCUT2D eigenvalue weighted by atomic mass is 32.3. The molecular weight excluding hydrogens is 336 g/mol. The molecule has 0 heterocycles. The highest BCUT2D eigenvalue weighted by molar-refractivity contribution is 7.79. The zero-order valence-corrected chi connectivity index (χ0v) is 13.9. The van der Waals surface area contributed by atoms with Crippen LogP contribution in [0.1, 0.15) is 13.8 Å². The summed E-state index contributed by atoms with van der Waals surface area (Å²) in [5.74, 6) is -2.52. The second kappa shape index (κ2) is 31.5. The minimum Gasteiger partial charge on any atom is -0.726 e. The molecule has 0 bridgehead atoms. The predicted octanol–water partition coefficient (Wildman–Crippen LogP) is -4.25. The summed E-state index contributed by atoms with van der Waals surface area (Å²) in [4.78, 5) is 26.5. The molecule has 0 amide bonds. The van der Waals surface area contributed by atoms with Crippen molar-refractivity contribution in [3.8, 4) is 0 Å². The van der Waals surface area contributed by atoms with E-state index in [-0.39, 0.29) is 24.6 Å². The molecule has 1 atom stereocenters. The lowest BCUT2D eigenvalue weighted by Gasteiger charge is -2.00. The van der Waals surface area contributed by atoms with Crippen molar-refractivity contribution < 1.29 is 52.3 Å². The van der Waals surface area contributed by atoms with Crippen LogP contribution in [0, 0.1) is 0 Å². The van der Waals surface area contributed by atoms with Crippen molar-refractivity contribution in [1.82, 2.24) is 24.6 Å². The van der Waals surface area contributed by atoms with Crippen LogP contribution in [0.5, 0.6) is 0 Å². The maximum Gasteiger partial charge on any atom is 0.215 e. The van der Waals surface area contributed by atoms with Crippen LogP contribution >= 0.6 is 0 Å². The molecule has 0 radical (unpaired) electrons. The van der Waals surface area contributed by atoms with Gasteiger partial charge in [0.05, 0.1) is 12.1 Å².